The maximum Gasteiger partial charge on any atom is 0.393 e. The molecular weight excluding hydrogens is 478 g/mol. The van der Waals surface area contributed by atoms with E-state index in [1.54, 1.807) is 6.07 Å². The fourth-order valence-electron chi connectivity index (χ4n) is 3.46. The number of nitro groups is 2. The summed E-state index contributed by atoms with van der Waals surface area (Å²) in [7, 11) is 0. The van der Waals surface area contributed by atoms with Crippen LogP contribution >= 0.6 is 0 Å². The Balaban J connectivity index is 0.000000283. The molecule has 35 heavy (non-hydrogen) atoms. The number of nitrogen functional groups attached to an aromatic ring is 2. The number of nitro benzene ring substituents is 2. The largest absolute Gasteiger partial charge is 0.393 e. The monoisotopic (exact) mass is 495 g/mol. The smallest absolute Gasteiger partial charge is 0.392 e. The maximum atomic E-state index is 12.9. The Morgan fingerprint density at radius 1 is 0.971 bits per heavy atom. The number of anilines is 3. The molecule has 1 aliphatic rings. The normalized spacial score (nSPS) is 15.3. The fraction of sp³-hybridized carbons (Fsp3) is 0.300. The Bertz CT molecular complexity index is 1240. The van der Waals surface area contributed by atoms with E-state index in [0.29, 0.717) is 13.0 Å². The molecule has 1 aliphatic heterocycles. The summed E-state index contributed by atoms with van der Waals surface area (Å²) in [6.45, 7) is 0.0634. The second kappa shape index (κ2) is 10.5. The number of piperidine rings is 1. The molecule has 0 aromatic heterocycles. The molecule has 0 amide bonds. The third-order valence-corrected chi connectivity index (χ3v) is 5.21. The summed E-state index contributed by atoms with van der Waals surface area (Å²) in [5.74, 6) is -2.34. The Labute approximate surface area is 195 Å². The van der Waals surface area contributed by atoms with Crippen LogP contribution in [0.2, 0.25) is 0 Å². The molecule has 4 N–H and O–H groups in total. The lowest BCUT2D eigenvalue weighted by atomic mass is 9.96. The predicted molar refractivity (Wildman–Crippen MR) is 115 cm³/mol. The number of benzene rings is 2. The van der Waals surface area contributed by atoms with Gasteiger partial charge in [-0.3, -0.25) is 20.2 Å². The summed E-state index contributed by atoms with van der Waals surface area (Å²) in [6.07, 6.45) is -3.95. The average molecular weight is 495 g/mol. The zero-order valence-corrected chi connectivity index (χ0v) is 17.8. The molecule has 3 rings (SSSR count). The highest BCUT2D eigenvalue weighted by molar-refractivity contribution is 5.78. The molecule has 184 valence electrons. The summed E-state index contributed by atoms with van der Waals surface area (Å²) < 4.78 is 51.3. The zero-order chi connectivity index (χ0) is 26.5. The molecule has 1 atom stereocenters. The summed E-state index contributed by atoms with van der Waals surface area (Å²) in [5.41, 5.74) is 8.72. The van der Waals surface area contributed by atoms with E-state index in [0.717, 1.165) is 18.2 Å². The van der Waals surface area contributed by atoms with Gasteiger partial charge in [0.05, 0.1) is 21.5 Å². The first-order valence-electron chi connectivity index (χ1n) is 9.74. The molecule has 0 radical (unpaired) electrons. The predicted octanol–water partition coefficient (Wildman–Crippen LogP) is 4.02. The van der Waals surface area contributed by atoms with Crippen molar-refractivity contribution in [2.24, 2.45) is 5.92 Å². The van der Waals surface area contributed by atoms with Crippen molar-refractivity contribution >= 4 is 28.4 Å². The van der Waals surface area contributed by atoms with Crippen LogP contribution in [0.4, 0.5) is 46.0 Å². The molecule has 2 aromatic rings. The zero-order valence-electron chi connectivity index (χ0n) is 17.8. The van der Waals surface area contributed by atoms with Crippen LogP contribution in [0.5, 0.6) is 0 Å². The first-order chi connectivity index (χ1) is 16.3. The van der Waals surface area contributed by atoms with E-state index in [-0.39, 0.29) is 29.9 Å². The molecule has 1 heterocycles. The lowest BCUT2D eigenvalue weighted by Gasteiger charge is -2.35. The van der Waals surface area contributed by atoms with E-state index in [2.05, 4.69) is 0 Å². The van der Waals surface area contributed by atoms with E-state index < -0.39 is 50.4 Å². The van der Waals surface area contributed by atoms with Crippen molar-refractivity contribution in [3.05, 3.63) is 61.4 Å². The number of nitrogens with zero attached hydrogens (tertiary/aromatic N) is 5. The molecule has 1 unspecified atom stereocenters. The van der Waals surface area contributed by atoms with Crippen LogP contribution in [0.15, 0.2) is 24.3 Å². The molecule has 2 aromatic carbocycles. The van der Waals surface area contributed by atoms with Gasteiger partial charge in [-0.05, 0) is 25.0 Å². The minimum Gasteiger partial charge on any atom is -0.392 e. The van der Waals surface area contributed by atoms with Crippen LogP contribution in [0.3, 0.4) is 0 Å². The number of nitrogens with two attached hydrogens (primary N) is 2. The van der Waals surface area contributed by atoms with Crippen molar-refractivity contribution < 1.29 is 27.4 Å². The van der Waals surface area contributed by atoms with E-state index in [4.69, 9.17) is 22.0 Å². The van der Waals surface area contributed by atoms with Gasteiger partial charge < -0.3 is 16.4 Å². The Kier molecular flexibility index (Phi) is 7.99. The number of hydrogen-bond donors (Lipinski definition) is 2. The van der Waals surface area contributed by atoms with Crippen LogP contribution in [-0.2, 0) is 0 Å². The van der Waals surface area contributed by atoms with E-state index in [1.807, 2.05) is 0 Å². The topological polar surface area (TPSA) is 189 Å². The van der Waals surface area contributed by atoms with Gasteiger partial charge in [-0.25, -0.2) is 4.39 Å². The third kappa shape index (κ3) is 5.83. The molecule has 1 fully saturated rings. The Hall–Kier alpha value is -4.66. The first kappa shape index (κ1) is 26.6. The molecule has 0 bridgehead atoms. The second-order valence-corrected chi connectivity index (χ2v) is 7.31. The highest BCUT2D eigenvalue weighted by Gasteiger charge is 2.42. The van der Waals surface area contributed by atoms with Gasteiger partial charge >= 0.3 is 6.18 Å². The SMILES string of the molecule is N#Cc1c(F)ccc([N+](=O)[O-])c1N.N#Cc1c(N2CCCC(C(F)(F)F)C2)ccc([N+](=O)[O-])c1N. The minimum atomic E-state index is -4.31. The molecule has 1 saturated heterocycles. The van der Waals surface area contributed by atoms with Crippen LogP contribution in [0.1, 0.15) is 24.0 Å². The average Bonchev–Trinajstić information content (AvgIpc) is 2.78. The van der Waals surface area contributed by atoms with Crippen molar-refractivity contribution in [2.45, 2.75) is 19.0 Å². The van der Waals surface area contributed by atoms with Crippen molar-refractivity contribution in [2.75, 3.05) is 29.5 Å². The van der Waals surface area contributed by atoms with Gasteiger partial charge in [0.25, 0.3) is 11.4 Å². The molecule has 15 heteroatoms. The minimum absolute atomic E-state index is 0.0321. The van der Waals surface area contributed by atoms with Gasteiger partial charge in [0.1, 0.15) is 40.5 Å². The number of alkyl halides is 3. The quantitative estimate of drug-likeness (QED) is 0.274. The summed E-state index contributed by atoms with van der Waals surface area (Å²) in [4.78, 5) is 21.0. The van der Waals surface area contributed by atoms with Gasteiger partial charge in [0.2, 0.25) is 0 Å². The van der Waals surface area contributed by atoms with Crippen LogP contribution in [0.25, 0.3) is 0 Å². The highest BCUT2D eigenvalue weighted by atomic mass is 19.4. The molecule has 0 aliphatic carbocycles. The summed E-state index contributed by atoms with van der Waals surface area (Å²) in [6, 6.07) is 7.37. The van der Waals surface area contributed by atoms with Crippen LogP contribution in [-0.4, -0.2) is 29.1 Å². The van der Waals surface area contributed by atoms with Crippen molar-refractivity contribution in [3.63, 3.8) is 0 Å². The van der Waals surface area contributed by atoms with Crippen LogP contribution < -0.4 is 16.4 Å². The number of hydrogen-bond acceptors (Lipinski definition) is 9. The van der Waals surface area contributed by atoms with Gasteiger partial charge in [0.15, 0.2) is 0 Å². The first-order valence-corrected chi connectivity index (χ1v) is 9.74. The Morgan fingerprint density at radius 3 is 1.97 bits per heavy atom. The van der Waals surface area contributed by atoms with E-state index >= 15 is 0 Å². The standard InChI is InChI=1S/C13H13F3N4O2.C7H4FN3O2/c14-13(15,16)8-2-1-5-19(7-8)10-3-4-11(20(21)22)12(18)9(10)6-17;8-5-1-2-6(11(12)13)7(10)4(5)3-9/h3-4,8H,1-2,5,7,18H2;1-2H,10H2. The van der Waals surface area contributed by atoms with Crippen LogP contribution in [0, 0.1) is 54.6 Å². The number of rotatable bonds is 3. The lowest BCUT2D eigenvalue weighted by Crippen LogP contribution is -2.42. The van der Waals surface area contributed by atoms with E-state index in [9.17, 15) is 37.8 Å². The second-order valence-electron chi connectivity index (χ2n) is 7.31. The lowest BCUT2D eigenvalue weighted by molar-refractivity contribution is -0.384. The molecule has 0 saturated carbocycles. The summed E-state index contributed by atoms with van der Waals surface area (Å²) >= 11 is 0. The van der Waals surface area contributed by atoms with Gasteiger partial charge in [0, 0.05) is 25.2 Å². The highest BCUT2D eigenvalue weighted by Crippen LogP contribution is 2.38. The third-order valence-electron chi connectivity index (χ3n) is 5.21. The maximum absolute atomic E-state index is 12.9. The van der Waals surface area contributed by atoms with E-state index in [1.165, 1.54) is 17.0 Å². The van der Waals surface area contributed by atoms with Gasteiger partial charge in [-0.15, -0.1) is 0 Å². The molecule has 11 nitrogen and oxygen atoms in total. The van der Waals surface area contributed by atoms with Crippen molar-refractivity contribution in [3.8, 4) is 12.1 Å². The van der Waals surface area contributed by atoms with Crippen molar-refractivity contribution in [1.82, 2.24) is 0 Å². The van der Waals surface area contributed by atoms with Gasteiger partial charge in [-0.2, -0.15) is 23.7 Å². The fourth-order valence-corrected chi connectivity index (χ4v) is 3.46. The van der Waals surface area contributed by atoms with Crippen molar-refractivity contribution in [1.29, 1.82) is 10.5 Å². The summed E-state index contributed by atoms with van der Waals surface area (Å²) in [5, 5.41) is 38.7. The Morgan fingerprint density at radius 2 is 1.49 bits per heavy atom. The van der Waals surface area contributed by atoms with Gasteiger partial charge in [-0.1, -0.05) is 0 Å². The molecule has 0 spiro atoms. The number of halogens is 4. The molecular formula is C20H17F4N7O4. The number of nitriles is 2.